The van der Waals surface area contributed by atoms with Crippen molar-refractivity contribution in [1.29, 1.82) is 0 Å². The molecular formula is C14H19NO4. The Labute approximate surface area is 112 Å². The lowest BCUT2D eigenvalue weighted by Crippen LogP contribution is -2.35. The van der Waals surface area contributed by atoms with Gasteiger partial charge in [-0.15, -0.1) is 0 Å². The number of carbonyl (C=O) groups is 1. The number of esters is 1. The Morgan fingerprint density at radius 1 is 1.47 bits per heavy atom. The molecule has 19 heavy (non-hydrogen) atoms. The average Bonchev–Trinajstić information content (AvgIpc) is 2.91. The van der Waals surface area contributed by atoms with E-state index in [0.717, 1.165) is 18.6 Å². The molecule has 1 aliphatic rings. The van der Waals surface area contributed by atoms with E-state index in [2.05, 4.69) is 0 Å². The number of nitrogens with two attached hydrogens (primary N) is 1. The van der Waals surface area contributed by atoms with Crippen molar-refractivity contribution in [1.82, 2.24) is 0 Å². The van der Waals surface area contributed by atoms with Gasteiger partial charge in [-0.2, -0.15) is 0 Å². The largest absolute Gasteiger partial charge is 0.508 e. The van der Waals surface area contributed by atoms with Gasteiger partial charge in [-0.05, 0) is 30.5 Å². The molecule has 2 atom stereocenters. The topological polar surface area (TPSA) is 81.8 Å². The van der Waals surface area contributed by atoms with Gasteiger partial charge in [0.05, 0.1) is 13.2 Å². The second-order valence-electron chi connectivity index (χ2n) is 4.84. The van der Waals surface area contributed by atoms with Gasteiger partial charge < -0.3 is 20.3 Å². The lowest BCUT2D eigenvalue weighted by molar-refractivity contribution is -0.146. The van der Waals surface area contributed by atoms with E-state index in [-0.39, 0.29) is 11.7 Å². The van der Waals surface area contributed by atoms with Crippen LogP contribution in [0.25, 0.3) is 0 Å². The molecule has 0 bridgehead atoms. The highest BCUT2D eigenvalue weighted by molar-refractivity contribution is 5.75. The zero-order valence-corrected chi connectivity index (χ0v) is 10.7. The number of carbonyl (C=O) groups excluding carboxylic acids is 1. The Bertz CT molecular complexity index is 412. The van der Waals surface area contributed by atoms with Crippen LogP contribution in [0.4, 0.5) is 0 Å². The van der Waals surface area contributed by atoms with Crippen molar-refractivity contribution in [2.24, 2.45) is 11.7 Å². The number of hydrogen-bond donors (Lipinski definition) is 2. The summed E-state index contributed by atoms with van der Waals surface area (Å²) in [5.41, 5.74) is 6.70. The summed E-state index contributed by atoms with van der Waals surface area (Å²) in [4.78, 5) is 11.7. The van der Waals surface area contributed by atoms with Gasteiger partial charge in [0.1, 0.15) is 11.8 Å². The maximum atomic E-state index is 11.7. The SMILES string of the molecule is NC(Cc1ccc(O)cc1)C(=O)OCC1CCOC1. The van der Waals surface area contributed by atoms with Gasteiger partial charge in [-0.1, -0.05) is 12.1 Å². The van der Waals surface area contributed by atoms with Gasteiger partial charge >= 0.3 is 5.97 Å². The molecule has 1 heterocycles. The molecule has 0 amide bonds. The van der Waals surface area contributed by atoms with Crippen molar-refractivity contribution in [3.8, 4) is 5.75 Å². The molecule has 2 rings (SSSR count). The van der Waals surface area contributed by atoms with Crippen molar-refractivity contribution in [2.75, 3.05) is 19.8 Å². The van der Waals surface area contributed by atoms with Crippen molar-refractivity contribution in [3.05, 3.63) is 29.8 Å². The van der Waals surface area contributed by atoms with Crippen LogP contribution in [0.1, 0.15) is 12.0 Å². The van der Waals surface area contributed by atoms with Crippen LogP contribution < -0.4 is 5.73 Å². The number of rotatable bonds is 5. The predicted molar refractivity (Wildman–Crippen MR) is 69.7 cm³/mol. The Kier molecular flexibility index (Phi) is 4.76. The molecule has 5 heteroatoms. The molecule has 1 aromatic rings. The summed E-state index contributed by atoms with van der Waals surface area (Å²) >= 11 is 0. The zero-order valence-electron chi connectivity index (χ0n) is 10.7. The van der Waals surface area contributed by atoms with Crippen molar-refractivity contribution in [3.63, 3.8) is 0 Å². The van der Waals surface area contributed by atoms with Crippen LogP contribution in [0.5, 0.6) is 5.75 Å². The minimum atomic E-state index is -0.674. The lowest BCUT2D eigenvalue weighted by atomic mass is 10.1. The molecule has 0 radical (unpaired) electrons. The number of benzene rings is 1. The summed E-state index contributed by atoms with van der Waals surface area (Å²) in [6.07, 6.45) is 1.33. The molecule has 104 valence electrons. The summed E-state index contributed by atoms with van der Waals surface area (Å²) < 4.78 is 10.4. The highest BCUT2D eigenvalue weighted by Crippen LogP contribution is 2.14. The number of ether oxygens (including phenoxy) is 2. The normalized spacial score (nSPS) is 20.2. The smallest absolute Gasteiger partial charge is 0.323 e. The third kappa shape index (κ3) is 4.22. The Morgan fingerprint density at radius 3 is 2.84 bits per heavy atom. The molecule has 1 aromatic carbocycles. The number of hydrogen-bond acceptors (Lipinski definition) is 5. The van der Waals surface area contributed by atoms with Gasteiger partial charge in [0, 0.05) is 12.5 Å². The first kappa shape index (κ1) is 13.8. The van der Waals surface area contributed by atoms with E-state index < -0.39 is 6.04 Å². The Hall–Kier alpha value is -1.59. The summed E-state index contributed by atoms with van der Waals surface area (Å²) in [7, 11) is 0. The van der Waals surface area contributed by atoms with Crippen molar-refractivity contribution < 1.29 is 19.4 Å². The fraction of sp³-hybridized carbons (Fsp3) is 0.500. The van der Waals surface area contributed by atoms with Crippen LogP contribution in [0.3, 0.4) is 0 Å². The summed E-state index contributed by atoms with van der Waals surface area (Å²) in [5, 5.41) is 9.17. The van der Waals surface area contributed by atoms with E-state index >= 15 is 0 Å². The number of aromatic hydroxyl groups is 1. The van der Waals surface area contributed by atoms with Gasteiger partial charge in [0.2, 0.25) is 0 Å². The van der Waals surface area contributed by atoms with Crippen LogP contribution >= 0.6 is 0 Å². The standard InChI is InChI=1S/C14H19NO4/c15-13(7-10-1-3-12(16)4-2-10)14(17)19-9-11-5-6-18-8-11/h1-4,11,13,16H,5-9,15H2. The third-order valence-corrected chi connectivity index (χ3v) is 3.18. The van der Waals surface area contributed by atoms with Crippen LogP contribution in [0.2, 0.25) is 0 Å². The minimum Gasteiger partial charge on any atom is -0.508 e. The first-order chi connectivity index (χ1) is 9.15. The molecule has 2 unspecified atom stereocenters. The Balaban J connectivity index is 1.76. The summed E-state index contributed by atoms with van der Waals surface area (Å²) in [6.45, 7) is 1.77. The molecule has 1 aliphatic heterocycles. The molecule has 1 saturated heterocycles. The van der Waals surface area contributed by atoms with Crippen LogP contribution in [0.15, 0.2) is 24.3 Å². The fourth-order valence-corrected chi connectivity index (χ4v) is 1.99. The average molecular weight is 265 g/mol. The zero-order chi connectivity index (χ0) is 13.7. The van der Waals surface area contributed by atoms with Crippen molar-refractivity contribution >= 4 is 5.97 Å². The predicted octanol–water partition coefficient (Wildman–Crippen LogP) is 0.842. The first-order valence-corrected chi connectivity index (χ1v) is 6.43. The molecule has 1 fully saturated rings. The highest BCUT2D eigenvalue weighted by Gasteiger charge is 2.20. The maximum Gasteiger partial charge on any atom is 0.323 e. The molecule has 0 aromatic heterocycles. The second-order valence-corrected chi connectivity index (χ2v) is 4.84. The summed E-state index contributed by atoms with van der Waals surface area (Å²) in [5.74, 6) is 0.103. The van der Waals surface area contributed by atoms with Gasteiger partial charge in [-0.25, -0.2) is 0 Å². The molecule has 0 spiro atoms. The molecule has 5 nitrogen and oxygen atoms in total. The van der Waals surface area contributed by atoms with Gasteiger partial charge in [0.25, 0.3) is 0 Å². The number of phenolic OH excluding ortho intramolecular Hbond substituents is 1. The van der Waals surface area contributed by atoms with Crippen LogP contribution in [0, 0.1) is 5.92 Å². The van der Waals surface area contributed by atoms with E-state index in [1.165, 1.54) is 0 Å². The quantitative estimate of drug-likeness (QED) is 0.771. The Morgan fingerprint density at radius 2 is 2.21 bits per heavy atom. The van der Waals surface area contributed by atoms with Crippen molar-refractivity contribution in [2.45, 2.75) is 18.9 Å². The lowest BCUT2D eigenvalue weighted by Gasteiger charge is -2.13. The summed E-state index contributed by atoms with van der Waals surface area (Å²) in [6, 6.07) is 5.96. The molecule has 0 saturated carbocycles. The van der Waals surface area contributed by atoms with E-state index in [1.807, 2.05) is 0 Å². The second kappa shape index (κ2) is 6.54. The maximum absolute atomic E-state index is 11.7. The molecule has 3 N–H and O–H groups in total. The molecule has 0 aliphatic carbocycles. The van der Waals surface area contributed by atoms with E-state index in [4.69, 9.17) is 15.2 Å². The molecular weight excluding hydrogens is 246 g/mol. The van der Waals surface area contributed by atoms with Gasteiger partial charge in [0.15, 0.2) is 0 Å². The minimum absolute atomic E-state index is 0.195. The van der Waals surface area contributed by atoms with E-state index in [0.29, 0.717) is 25.6 Å². The van der Waals surface area contributed by atoms with Gasteiger partial charge in [-0.3, -0.25) is 4.79 Å². The highest BCUT2D eigenvalue weighted by atomic mass is 16.5. The van der Waals surface area contributed by atoms with E-state index in [9.17, 15) is 9.90 Å². The fourth-order valence-electron chi connectivity index (χ4n) is 1.99. The third-order valence-electron chi connectivity index (χ3n) is 3.18. The number of phenols is 1. The van der Waals surface area contributed by atoms with Crippen LogP contribution in [-0.2, 0) is 20.7 Å². The first-order valence-electron chi connectivity index (χ1n) is 6.43. The van der Waals surface area contributed by atoms with E-state index in [1.54, 1.807) is 24.3 Å². The van der Waals surface area contributed by atoms with Crippen LogP contribution in [-0.4, -0.2) is 36.9 Å². The monoisotopic (exact) mass is 265 g/mol.